The molecule has 0 fully saturated rings. The van der Waals surface area contributed by atoms with Crippen molar-refractivity contribution in [2.24, 2.45) is 0 Å². The molecule has 0 aliphatic rings. The summed E-state index contributed by atoms with van der Waals surface area (Å²) >= 11 is 0. The van der Waals surface area contributed by atoms with Crippen LogP contribution in [0.2, 0.25) is 0 Å². The van der Waals surface area contributed by atoms with Crippen molar-refractivity contribution in [1.82, 2.24) is 4.57 Å². The zero-order chi connectivity index (χ0) is 17.1. The van der Waals surface area contributed by atoms with Crippen LogP contribution in [0.25, 0.3) is 5.69 Å². The molecule has 0 saturated carbocycles. The van der Waals surface area contributed by atoms with Crippen molar-refractivity contribution >= 4 is 0 Å². The monoisotopic (exact) mass is 319 g/mol. The highest BCUT2D eigenvalue weighted by Gasteiger charge is 2.19. The molecular formula is C22H27N2+. The fraction of sp³-hybridized carbons (Fsp3) is 0.318. The first kappa shape index (κ1) is 16.5. The van der Waals surface area contributed by atoms with E-state index in [9.17, 15) is 0 Å². The molecule has 0 radical (unpaired) electrons. The van der Waals surface area contributed by atoms with Crippen molar-refractivity contribution < 1.29 is 4.57 Å². The molecular weight excluding hydrogens is 292 g/mol. The Morgan fingerprint density at radius 2 is 1.46 bits per heavy atom. The molecule has 0 aliphatic carbocycles. The average Bonchev–Trinajstić information content (AvgIpc) is 3.03. The first-order valence-electron chi connectivity index (χ1n) is 8.80. The van der Waals surface area contributed by atoms with E-state index in [-0.39, 0.29) is 0 Å². The van der Waals surface area contributed by atoms with Gasteiger partial charge >= 0.3 is 0 Å². The van der Waals surface area contributed by atoms with Crippen LogP contribution in [0.3, 0.4) is 0 Å². The Balaban J connectivity index is 2.00. The summed E-state index contributed by atoms with van der Waals surface area (Å²) in [6, 6.07) is 17.3. The molecule has 3 aromatic rings. The van der Waals surface area contributed by atoms with Gasteiger partial charge in [0.1, 0.15) is 24.6 Å². The molecule has 3 rings (SSSR count). The Hall–Kier alpha value is -2.35. The number of benzene rings is 2. The minimum absolute atomic E-state index is 0.503. The Kier molecular flexibility index (Phi) is 4.84. The molecule has 0 saturated heterocycles. The number of hydrogen-bond acceptors (Lipinski definition) is 0. The number of para-hydroxylation sites is 1. The normalized spacial score (nSPS) is 11.4. The lowest BCUT2D eigenvalue weighted by Gasteiger charge is -2.16. The van der Waals surface area contributed by atoms with Crippen LogP contribution in [0.1, 0.15) is 56.2 Å². The van der Waals surface area contributed by atoms with Gasteiger partial charge in [0.25, 0.3) is 0 Å². The summed E-state index contributed by atoms with van der Waals surface area (Å²) in [5.74, 6) is 1.01. The molecule has 0 N–H and O–H groups in total. The van der Waals surface area contributed by atoms with Gasteiger partial charge in [-0.15, -0.1) is 0 Å². The standard InChI is InChI=1S/C22H27N2/c1-17(2)20-11-8-12-21(18(3)4)22(20)24-14-13-23(16-24)15-19-9-6-5-7-10-19/h5-14,16-18H,15H2,1-4H3/q+1. The van der Waals surface area contributed by atoms with Gasteiger partial charge in [0.15, 0.2) is 0 Å². The molecule has 0 unspecified atom stereocenters. The van der Waals surface area contributed by atoms with Gasteiger partial charge in [0.2, 0.25) is 6.33 Å². The van der Waals surface area contributed by atoms with E-state index in [4.69, 9.17) is 0 Å². The predicted molar refractivity (Wildman–Crippen MR) is 99.7 cm³/mol. The zero-order valence-electron chi connectivity index (χ0n) is 15.1. The molecule has 0 atom stereocenters. The Morgan fingerprint density at radius 3 is 2.04 bits per heavy atom. The first-order valence-corrected chi connectivity index (χ1v) is 8.80. The minimum Gasteiger partial charge on any atom is -0.232 e. The maximum atomic E-state index is 2.29. The van der Waals surface area contributed by atoms with Gasteiger partial charge in [-0.05, 0) is 17.4 Å². The fourth-order valence-corrected chi connectivity index (χ4v) is 3.22. The number of rotatable bonds is 5. The van der Waals surface area contributed by atoms with E-state index in [1.165, 1.54) is 22.4 Å². The smallest absolute Gasteiger partial charge is 0.232 e. The van der Waals surface area contributed by atoms with E-state index >= 15 is 0 Å². The van der Waals surface area contributed by atoms with Crippen LogP contribution in [0.5, 0.6) is 0 Å². The Morgan fingerprint density at radius 1 is 0.833 bits per heavy atom. The van der Waals surface area contributed by atoms with E-state index in [2.05, 4.69) is 104 Å². The summed E-state index contributed by atoms with van der Waals surface area (Å²) in [4.78, 5) is 0. The fourth-order valence-electron chi connectivity index (χ4n) is 3.22. The second kappa shape index (κ2) is 7.04. The molecule has 0 bridgehead atoms. The summed E-state index contributed by atoms with van der Waals surface area (Å²) in [7, 11) is 0. The number of nitrogens with zero attached hydrogens (tertiary/aromatic N) is 2. The SMILES string of the molecule is CC(C)c1cccc(C(C)C)c1-n1cc[n+](Cc2ccccc2)c1. The quantitative estimate of drug-likeness (QED) is 0.581. The van der Waals surface area contributed by atoms with E-state index in [0.717, 1.165) is 6.54 Å². The minimum atomic E-state index is 0.503. The number of hydrogen-bond donors (Lipinski definition) is 0. The molecule has 2 aromatic carbocycles. The van der Waals surface area contributed by atoms with Crippen LogP contribution in [0, 0.1) is 0 Å². The summed E-state index contributed by atoms with van der Waals surface area (Å²) in [6.07, 6.45) is 6.55. The average molecular weight is 319 g/mol. The molecule has 124 valence electrons. The highest BCUT2D eigenvalue weighted by Crippen LogP contribution is 2.30. The molecule has 2 heteroatoms. The van der Waals surface area contributed by atoms with Crippen LogP contribution in [-0.2, 0) is 6.54 Å². The van der Waals surface area contributed by atoms with Crippen molar-refractivity contribution in [2.75, 3.05) is 0 Å². The summed E-state index contributed by atoms with van der Waals surface area (Å²) < 4.78 is 4.53. The van der Waals surface area contributed by atoms with Crippen LogP contribution in [0.4, 0.5) is 0 Å². The van der Waals surface area contributed by atoms with E-state index in [1.807, 2.05) is 0 Å². The third-order valence-electron chi connectivity index (χ3n) is 4.50. The van der Waals surface area contributed by atoms with Gasteiger partial charge in [-0.25, -0.2) is 9.13 Å². The van der Waals surface area contributed by atoms with Gasteiger partial charge in [0, 0.05) is 11.1 Å². The number of imidazole rings is 1. The van der Waals surface area contributed by atoms with Crippen LogP contribution >= 0.6 is 0 Å². The second-order valence-electron chi connectivity index (χ2n) is 7.07. The van der Waals surface area contributed by atoms with Crippen molar-refractivity contribution in [3.8, 4) is 5.69 Å². The third-order valence-corrected chi connectivity index (χ3v) is 4.50. The molecule has 1 heterocycles. The largest absolute Gasteiger partial charge is 0.249 e. The van der Waals surface area contributed by atoms with E-state index in [0.29, 0.717) is 11.8 Å². The second-order valence-corrected chi connectivity index (χ2v) is 7.07. The number of aromatic nitrogens is 2. The van der Waals surface area contributed by atoms with E-state index < -0.39 is 0 Å². The molecule has 2 nitrogen and oxygen atoms in total. The highest BCUT2D eigenvalue weighted by atomic mass is 15.1. The van der Waals surface area contributed by atoms with Crippen LogP contribution in [-0.4, -0.2) is 4.57 Å². The molecule has 0 aliphatic heterocycles. The lowest BCUT2D eigenvalue weighted by atomic mass is 9.92. The van der Waals surface area contributed by atoms with Gasteiger partial charge in [-0.3, -0.25) is 0 Å². The van der Waals surface area contributed by atoms with E-state index in [1.54, 1.807) is 0 Å². The van der Waals surface area contributed by atoms with Gasteiger partial charge in [-0.2, -0.15) is 0 Å². The first-order chi connectivity index (χ1) is 11.6. The van der Waals surface area contributed by atoms with Crippen molar-refractivity contribution in [1.29, 1.82) is 0 Å². The van der Waals surface area contributed by atoms with Crippen molar-refractivity contribution in [2.45, 2.75) is 46.1 Å². The molecule has 1 aromatic heterocycles. The highest BCUT2D eigenvalue weighted by molar-refractivity contribution is 5.50. The lowest BCUT2D eigenvalue weighted by molar-refractivity contribution is -0.687. The van der Waals surface area contributed by atoms with Gasteiger partial charge < -0.3 is 0 Å². The van der Waals surface area contributed by atoms with Crippen molar-refractivity contribution in [3.63, 3.8) is 0 Å². The van der Waals surface area contributed by atoms with Crippen LogP contribution < -0.4 is 4.57 Å². The third kappa shape index (κ3) is 3.43. The molecule has 0 amide bonds. The maximum absolute atomic E-state index is 2.29. The summed E-state index contributed by atoms with van der Waals surface area (Å²) in [5.41, 5.74) is 5.48. The summed E-state index contributed by atoms with van der Waals surface area (Å²) in [5, 5.41) is 0. The van der Waals surface area contributed by atoms with Gasteiger partial charge in [0.05, 0.1) is 0 Å². The van der Waals surface area contributed by atoms with Gasteiger partial charge in [-0.1, -0.05) is 76.2 Å². The van der Waals surface area contributed by atoms with Crippen LogP contribution in [0.15, 0.2) is 67.3 Å². The topological polar surface area (TPSA) is 8.81 Å². The zero-order valence-corrected chi connectivity index (χ0v) is 15.1. The Labute approximate surface area is 145 Å². The van der Waals surface area contributed by atoms with Crippen molar-refractivity contribution in [3.05, 3.63) is 83.9 Å². The molecule has 0 spiro atoms. The predicted octanol–water partition coefficient (Wildman–Crippen LogP) is 5.06. The molecule has 24 heavy (non-hydrogen) atoms. The maximum Gasteiger partial charge on any atom is 0.249 e. The summed E-state index contributed by atoms with van der Waals surface area (Å²) in [6.45, 7) is 9.97. The lowest BCUT2D eigenvalue weighted by Crippen LogP contribution is -2.31. The Bertz CT molecular complexity index is 772.